The van der Waals surface area contributed by atoms with Gasteiger partial charge in [-0.05, 0) is 49.2 Å². The summed E-state index contributed by atoms with van der Waals surface area (Å²) in [5.41, 5.74) is 3.68. The summed E-state index contributed by atoms with van der Waals surface area (Å²) in [6.07, 6.45) is 1.73. The Balaban J connectivity index is 1.66. The van der Waals surface area contributed by atoms with Crippen LogP contribution in [-0.2, 0) is 4.79 Å². The Morgan fingerprint density at radius 2 is 1.75 bits per heavy atom. The van der Waals surface area contributed by atoms with Gasteiger partial charge in [-0.3, -0.25) is 9.69 Å². The first kappa shape index (κ1) is 19.0. The number of carbonyl (C=O) groups is 1. The lowest BCUT2D eigenvalue weighted by Crippen LogP contribution is -2.29. The Hall–Kier alpha value is -2.34. The van der Waals surface area contributed by atoms with Gasteiger partial charge in [-0.15, -0.1) is 0 Å². The van der Waals surface area contributed by atoms with E-state index in [4.69, 9.17) is 28.2 Å². The third-order valence-corrected chi connectivity index (χ3v) is 6.13. The van der Waals surface area contributed by atoms with Crippen LogP contribution < -0.4 is 4.90 Å². The molecule has 2 aromatic carbocycles. The average Bonchev–Trinajstić information content (AvgIpc) is 3.22. The number of aryl methyl sites for hydroxylation is 2. The highest BCUT2D eigenvalue weighted by atomic mass is 35.5. The molecule has 1 aliphatic heterocycles. The fourth-order valence-electron chi connectivity index (χ4n) is 3.18. The summed E-state index contributed by atoms with van der Waals surface area (Å²) in [6, 6.07) is 17.1. The molecule has 4 rings (SSSR count). The van der Waals surface area contributed by atoms with Crippen LogP contribution in [0.25, 0.3) is 17.4 Å². The first-order valence-electron chi connectivity index (χ1n) is 8.64. The molecule has 1 aliphatic rings. The minimum absolute atomic E-state index is 0.136. The molecule has 140 valence electrons. The molecule has 0 bridgehead atoms. The molecule has 2 heterocycles. The van der Waals surface area contributed by atoms with Crippen LogP contribution in [0.4, 0.5) is 5.69 Å². The summed E-state index contributed by atoms with van der Waals surface area (Å²) in [7, 11) is 0. The number of carbonyl (C=O) groups excluding carboxylic acids is 1. The molecule has 0 saturated carbocycles. The molecule has 1 fully saturated rings. The standard InChI is InChI=1S/C22H16ClNO2S2/c1-13-6-5-7-14(2)20(13)24-21(25)19(28-22(24)27)12-15-10-11-18(26-15)16-8-3-4-9-17(16)23/h3-12H,1-2H3/b19-12+. The number of thiocarbonyl (C=S) groups is 1. The molecule has 1 amide bonds. The number of rotatable bonds is 3. The van der Waals surface area contributed by atoms with E-state index < -0.39 is 0 Å². The van der Waals surface area contributed by atoms with E-state index >= 15 is 0 Å². The molecule has 1 aromatic heterocycles. The molecule has 0 aliphatic carbocycles. The summed E-state index contributed by atoms with van der Waals surface area (Å²) in [6.45, 7) is 3.96. The Morgan fingerprint density at radius 1 is 1.04 bits per heavy atom. The van der Waals surface area contributed by atoms with Crippen molar-refractivity contribution >= 4 is 57.6 Å². The van der Waals surface area contributed by atoms with Gasteiger partial charge in [0.15, 0.2) is 4.32 Å². The van der Waals surface area contributed by atoms with Gasteiger partial charge < -0.3 is 4.42 Å². The third-order valence-electron chi connectivity index (χ3n) is 4.50. The highest BCUT2D eigenvalue weighted by Gasteiger charge is 2.35. The lowest BCUT2D eigenvalue weighted by molar-refractivity contribution is -0.113. The zero-order chi connectivity index (χ0) is 19.8. The highest BCUT2D eigenvalue weighted by Crippen LogP contribution is 2.39. The molecule has 3 nitrogen and oxygen atoms in total. The zero-order valence-corrected chi connectivity index (χ0v) is 17.6. The molecule has 1 saturated heterocycles. The van der Waals surface area contributed by atoms with Gasteiger partial charge >= 0.3 is 0 Å². The number of anilines is 1. The van der Waals surface area contributed by atoms with Crippen molar-refractivity contribution < 1.29 is 9.21 Å². The Labute approximate surface area is 178 Å². The number of benzene rings is 2. The lowest BCUT2D eigenvalue weighted by Gasteiger charge is -2.19. The maximum atomic E-state index is 13.0. The summed E-state index contributed by atoms with van der Waals surface area (Å²) in [5.74, 6) is 1.10. The second kappa shape index (κ2) is 7.59. The number of nitrogens with zero attached hydrogens (tertiary/aromatic N) is 1. The number of furan rings is 1. The van der Waals surface area contributed by atoms with E-state index in [1.54, 1.807) is 11.0 Å². The van der Waals surface area contributed by atoms with Crippen molar-refractivity contribution in [3.05, 3.63) is 81.4 Å². The van der Waals surface area contributed by atoms with Gasteiger partial charge in [0.05, 0.1) is 15.6 Å². The fourth-order valence-corrected chi connectivity index (χ4v) is 4.66. The molecule has 0 N–H and O–H groups in total. The molecule has 0 atom stereocenters. The number of para-hydroxylation sites is 1. The summed E-state index contributed by atoms with van der Waals surface area (Å²) >= 11 is 13.0. The minimum atomic E-state index is -0.136. The molecule has 3 aromatic rings. The van der Waals surface area contributed by atoms with Gasteiger partial charge in [0.25, 0.3) is 5.91 Å². The number of amides is 1. The van der Waals surface area contributed by atoms with Crippen LogP contribution in [0.2, 0.25) is 5.02 Å². The van der Waals surface area contributed by atoms with Gasteiger partial charge in [0, 0.05) is 11.6 Å². The van der Waals surface area contributed by atoms with Crippen LogP contribution in [0.1, 0.15) is 16.9 Å². The molecule has 0 unspecified atom stereocenters. The van der Waals surface area contributed by atoms with Crippen molar-refractivity contribution in [3.8, 4) is 11.3 Å². The van der Waals surface area contributed by atoms with Crippen LogP contribution in [0, 0.1) is 13.8 Å². The second-order valence-corrected chi connectivity index (χ2v) is 8.52. The van der Waals surface area contributed by atoms with Crippen LogP contribution >= 0.6 is 35.6 Å². The third kappa shape index (κ3) is 3.41. The van der Waals surface area contributed by atoms with Crippen molar-refractivity contribution in [2.45, 2.75) is 13.8 Å². The summed E-state index contributed by atoms with van der Waals surface area (Å²) < 4.78 is 6.42. The van der Waals surface area contributed by atoms with Crippen LogP contribution in [0.15, 0.2) is 63.9 Å². The van der Waals surface area contributed by atoms with Crippen molar-refractivity contribution in [1.82, 2.24) is 0 Å². The quantitative estimate of drug-likeness (QED) is 0.348. The van der Waals surface area contributed by atoms with E-state index in [2.05, 4.69) is 0 Å². The summed E-state index contributed by atoms with van der Waals surface area (Å²) in [5, 5.41) is 0.616. The average molecular weight is 426 g/mol. The SMILES string of the molecule is Cc1cccc(C)c1N1C(=O)/C(=C\c2ccc(-c3ccccc3Cl)o2)SC1=S. The number of thioether (sulfide) groups is 1. The van der Waals surface area contributed by atoms with E-state index in [0.29, 0.717) is 25.8 Å². The molecular weight excluding hydrogens is 410 g/mol. The first-order chi connectivity index (χ1) is 13.5. The van der Waals surface area contributed by atoms with E-state index in [1.807, 2.05) is 68.4 Å². The molecule has 6 heteroatoms. The molecule has 0 spiro atoms. The predicted octanol–water partition coefficient (Wildman–Crippen LogP) is 6.62. The van der Waals surface area contributed by atoms with Crippen LogP contribution in [0.3, 0.4) is 0 Å². The van der Waals surface area contributed by atoms with E-state index in [1.165, 1.54) is 11.8 Å². The highest BCUT2D eigenvalue weighted by molar-refractivity contribution is 8.27. The lowest BCUT2D eigenvalue weighted by atomic mass is 10.1. The van der Waals surface area contributed by atoms with E-state index in [0.717, 1.165) is 22.4 Å². The van der Waals surface area contributed by atoms with Gasteiger partial charge in [-0.25, -0.2) is 0 Å². The number of halogens is 1. The topological polar surface area (TPSA) is 33.5 Å². The molecule has 0 radical (unpaired) electrons. The van der Waals surface area contributed by atoms with Gasteiger partial charge in [-0.1, -0.05) is 65.9 Å². The predicted molar refractivity (Wildman–Crippen MR) is 121 cm³/mol. The largest absolute Gasteiger partial charge is 0.457 e. The Kier molecular flexibility index (Phi) is 5.15. The fraction of sp³-hybridized carbons (Fsp3) is 0.0909. The smallest absolute Gasteiger partial charge is 0.270 e. The van der Waals surface area contributed by atoms with Crippen molar-refractivity contribution in [3.63, 3.8) is 0 Å². The number of hydrogen-bond acceptors (Lipinski definition) is 4. The second-order valence-electron chi connectivity index (χ2n) is 6.44. The zero-order valence-electron chi connectivity index (χ0n) is 15.2. The maximum Gasteiger partial charge on any atom is 0.270 e. The van der Waals surface area contributed by atoms with Gasteiger partial charge in [0.1, 0.15) is 11.5 Å². The normalized spacial score (nSPS) is 15.7. The van der Waals surface area contributed by atoms with E-state index in [9.17, 15) is 4.79 Å². The van der Waals surface area contributed by atoms with Crippen LogP contribution in [0.5, 0.6) is 0 Å². The monoisotopic (exact) mass is 425 g/mol. The van der Waals surface area contributed by atoms with Gasteiger partial charge in [-0.2, -0.15) is 0 Å². The van der Waals surface area contributed by atoms with Crippen molar-refractivity contribution in [1.29, 1.82) is 0 Å². The van der Waals surface area contributed by atoms with Crippen LogP contribution in [-0.4, -0.2) is 10.2 Å². The number of hydrogen-bond donors (Lipinski definition) is 0. The Morgan fingerprint density at radius 3 is 2.46 bits per heavy atom. The Bertz CT molecular complexity index is 1110. The van der Waals surface area contributed by atoms with Crippen molar-refractivity contribution in [2.24, 2.45) is 0 Å². The van der Waals surface area contributed by atoms with Gasteiger partial charge in [0.2, 0.25) is 0 Å². The molecular formula is C22H16ClNO2S2. The summed E-state index contributed by atoms with van der Waals surface area (Å²) in [4.78, 5) is 15.2. The van der Waals surface area contributed by atoms with Crippen molar-refractivity contribution in [2.75, 3.05) is 4.90 Å². The maximum absolute atomic E-state index is 13.0. The molecule has 28 heavy (non-hydrogen) atoms. The van der Waals surface area contributed by atoms with E-state index in [-0.39, 0.29) is 5.91 Å². The first-order valence-corrected chi connectivity index (χ1v) is 10.2. The minimum Gasteiger partial charge on any atom is -0.457 e.